The standard InChI is InChI=1S/C14H20N2O4S2/c1-22(18,19)15-11-8-16(12-3-2-5-20-14(11)12)13(17)7-10-4-6-21-9-10/h4,6,9,11-12,14-15H,2-3,5,7-8H2,1H3/t11-,12-,14-/m1/s1. The maximum atomic E-state index is 12.6. The lowest BCUT2D eigenvalue weighted by Crippen LogP contribution is -2.47. The van der Waals surface area contributed by atoms with Crippen LogP contribution in [0.3, 0.4) is 0 Å². The smallest absolute Gasteiger partial charge is 0.227 e. The first kappa shape index (κ1) is 15.9. The number of carbonyl (C=O) groups is 1. The molecule has 8 heteroatoms. The van der Waals surface area contributed by atoms with E-state index >= 15 is 0 Å². The van der Waals surface area contributed by atoms with Crippen molar-refractivity contribution in [2.24, 2.45) is 0 Å². The number of rotatable bonds is 4. The Labute approximate surface area is 134 Å². The number of carbonyl (C=O) groups excluding carboxylic acids is 1. The van der Waals surface area contributed by atoms with Crippen molar-refractivity contribution in [2.75, 3.05) is 19.4 Å². The van der Waals surface area contributed by atoms with Crippen molar-refractivity contribution in [1.29, 1.82) is 0 Å². The maximum Gasteiger partial charge on any atom is 0.227 e. The second kappa shape index (κ2) is 6.27. The number of sulfonamides is 1. The number of hydrogen-bond donors (Lipinski definition) is 1. The fraction of sp³-hybridized carbons (Fsp3) is 0.643. The van der Waals surface area contributed by atoms with Gasteiger partial charge in [0.05, 0.1) is 30.9 Å². The van der Waals surface area contributed by atoms with Gasteiger partial charge in [-0.15, -0.1) is 0 Å². The van der Waals surface area contributed by atoms with Crippen LogP contribution >= 0.6 is 11.3 Å². The Morgan fingerprint density at radius 2 is 2.36 bits per heavy atom. The second-order valence-corrected chi connectivity index (χ2v) is 8.46. The van der Waals surface area contributed by atoms with E-state index < -0.39 is 10.0 Å². The topological polar surface area (TPSA) is 75.7 Å². The van der Waals surface area contributed by atoms with Gasteiger partial charge in [-0.25, -0.2) is 13.1 Å². The van der Waals surface area contributed by atoms with Crippen molar-refractivity contribution >= 4 is 27.3 Å². The average molecular weight is 344 g/mol. The number of hydrogen-bond acceptors (Lipinski definition) is 5. The minimum Gasteiger partial charge on any atom is -0.374 e. The highest BCUT2D eigenvalue weighted by Gasteiger charge is 2.46. The van der Waals surface area contributed by atoms with Crippen molar-refractivity contribution in [2.45, 2.75) is 37.5 Å². The van der Waals surface area contributed by atoms with Gasteiger partial charge in [0.25, 0.3) is 0 Å². The number of ether oxygens (including phenoxy) is 1. The number of fused-ring (bicyclic) bond motifs is 1. The predicted octanol–water partition coefficient (Wildman–Crippen LogP) is 0.598. The molecule has 0 saturated carbocycles. The van der Waals surface area contributed by atoms with Gasteiger partial charge in [-0.2, -0.15) is 11.3 Å². The fourth-order valence-corrected chi connectivity index (χ4v) is 4.72. The SMILES string of the molecule is CS(=O)(=O)N[C@@H]1CN(C(=O)Cc2ccsc2)[C@@H]2CCCO[C@@H]21. The van der Waals surface area contributed by atoms with Crippen LogP contribution in [0.2, 0.25) is 0 Å². The molecule has 0 aliphatic carbocycles. The number of nitrogens with zero attached hydrogens (tertiary/aromatic N) is 1. The third-order valence-electron chi connectivity index (χ3n) is 4.15. The van der Waals surface area contributed by atoms with Crippen molar-refractivity contribution in [3.63, 3.8) is 0 Å². The Morgan fingerprint density at radius 1 is 1.55 bits per heavy atom. The van der Waals surface area contributed by atoms with Crippen LogP contribution in [0.4, 0.5) is 0 Å². The second-order valence-electron chi connectivity index (χ2n) is 5.90. The molecule has 122 valence electrons. The van der Waals surface area contributed by atoms with Crippen molar-refractivity contribution < 1.29 is 17.9 Å². The summed E-state index contributed by atoms with van der Waals surface area (Å²) in [6.45, 7) is 1.00. The molecule has 1 N–H and O–H groups in total. The van der Waals surface area contributed by atoms with Crippen LogP contribution in [0.15, 0.2) is 16.8 Å². The first-order valence-corrected chi connectivity index (χ1v) is 10.2. The summed E-state index contributed by atoms with van der Waals surface area (Å²) < 4.78 is 31.4. The Kier molecular flexibility index (Phi) is 4.54. The summed E-state index contributed by atoms with van der Waals surface area (Å²) in [6, 6.07) is 1.56. The van der Waals surface area contributed by atoms with Gasteiger partial charge in [0.2, 0.25) is 15.9 Å². The zero-order valence-corrected chi connectivity index (χ0v) is 14.0. The highest BCUT2D eigenvalue weighted by Crippen LogP contribution is 2.30. The van der Waals surface area contributed by atoms with Crippen LogP contribution in [0, 0.1) is 0 Å². The molecule has 0 radical (unpaired) electrons. The zero-order valence-electron chi connectivity index (χ0n) is 12.4. The molecule has 1 aromatic heterocycles. The highest BCUT2D eigenvalue weighted by molar-refractivity contribution is 7.88. The van der Waals surface area contributed by atoms with Crippen LogP contribution < -0.4 is 4.72 Å². The van der Waals surface area contributed by atoms with Crippen LogP contribution in [0.1, 0.15) is 18.4 Å². The molecule has 3 heterocycles. The lowest BCUT2D eigenvalue weighted by molar-refractivity contribution is -0.133. The number of likely N-dealkylation sites (tertiary alicyclic amines) is 1. The van der Waals surface area contributed by atoms with E-state index in [1.807, 2.05) is 16.8 Å². The van der Waals surface area contributed by atoms with E-state index in [0.717, 1.165) is 24.7 Å². The van der Waals surface area contributed by atoms with E-state index in [2.05, 4.69) is 4.72 Å². The van der Waals surface area contributed by atoms with Gasteiger partial charge in [0.15, 0.2) is 0 Å². The number of nitrogens with one attached hydrogen (secondary N) is 1. The van der Waals surface area contributed by atoms with Crippen LogP contribution in [-0.2, 0) is 26.0 Å². The van der Waals surface area contributed by atoms with Crippen molar-refractivity contribution in [3.05, 3.63) is 22.4 Å². The minimum atomic E-state index is -3.32. The molecule has 3 atom stereocenters. The molecule has 0 aromatic carbocycles. The van der Waals surface area contributed by atoms with E-state index in [9.17, 15) is 13.2 Å². The molecular formula is C14H20N2O4S2. The van der Waals surface area contributed by atoms with E-state index in [1.54, 1.807) is 16.2 Å². The average Bonchev–Trinajstić information content (AvgIpc) is 3.06. The first-order valence-electron chi connectivity index (χ1n) is 7.33. The highest BCUT2D eigenvalue weighted by atomic mass is 32.2. The molecule has 22 heavy (non-hydrogen) atoms. The lowest BCUT2D eigenvalue weighted by atomic mass is 10.0. The van der Waals surface area contributed by atoms with E-state index in [-0.39, 0.29) is 24.1 Å². The predicted molar refractivity (Wildman–Crippen MR) is 84.3 cm³/mol. The van der Waals surface area contributed by atoms with Gasteiger partial charge >= 0.3 is 0 Å². The maximum absolute atomic E-state index is 12.6. The Hall–Kier alpha value is -0.960. The largest absolute Gasteiger partial charge is 0.374 e. The van der Waals surface area contributed by atoms with E-state index in [1.165, 1.54) is 0 Å². The molecule has 0 unspecified atom stereocenters. The van der Waals surface area contributed by atoms with Gasteiger partial charge in [-0.1, -0.05) is 0 Å². The quantitative estimate of drug-likeness (QED) is 0.868. The van der Waals surface area contributed by atoms with Gasteiger partial charge in [-0.05, 0) is 35.2 Å². The summed E-state index contributed by atoms with van der Waals surface area (Å²) in [4.78, 5) is 14.4. The van der Waals surface area contributed by atoms with Gasteiger partial charge < -0.3 is 9.64 Å². The monoisotopic (exact) mass is 344 g/mol. The molecule has 0 bridgehead atoms. The van der Waals surface area contributed by atoms with Crippen LogP contribution in [0.25, 0.3) is 0 Å². The molecule has 6 nitrogen and oxygen atoms in total. The lowest BCUT2D eigenvalue weighted by Gasteiger charge is -2.32. The number of thiophene rings is 1. The normalized spacial score (nSPS) is 28.6. The molecule has 2 aliphatic heterocycles. The molecule has 1 aromatic rings. The van der Waals surface area contributed by atoms with Gasteiger partial charge in [0, 0.05) is 13.2 Å². The summed E-state index contributed by atoms with van der Waals surface area (Å²) in [5, 5.41) is 3.92. The molecule has 3 rings (SSSR count). The van der Waals surface area contributed by atoms with Crippen LogP contribution in [0.5, 0.6) is 0 Å². The Bertz CT molecular complexity index is 629. The number of amides is 1. The summed E-state index contributed by atoms with van der Waals surface area (Å²) in [5.74, 6) is 0.0386. The van der Waals surface area contributed by atoms with E-state index in [0.29, 0.717) is 19.6 Å². The molecule has 1 amide bonds. The van der Waals surface area contributed by atoms with Gasteiger partial charge in [-0.3, -0.25) is 4.79 Å². The van der Waals surface area contributed by atoms with E-state index in [4.69, 9.17) is 4.74 Å². The molecule has 2 aliphatic rings. The zero-order chi connectivity index (χ0) is 15.7. The Balaban J connectivity index is 1.74. The van der Waals surface area contributed by atoms with Crippen LogP contribution in [-0.4, -0.2) is 56.8 Å². The molecule has 0 spiro atoms. The molecule has 2 saturated heterocycles. The van der Waals surface area contributed by atoms with Crippen molar-refractivity contribution in [1.82, 2.24) is 9.62 Å². The molecule has 2 fully saturated rings. The summed E-state index contributed by atoms with van der Waals surface area (Å²) in [5.41, 5.74) is 1.00. The summed E-state index contributed by atoms with van der Waals surface area (Å²) in [7, 11) is -3.32. The minimum absolute atomic E-state index is 0.0286. The molecular weight excluding hydrogens is 324 g/mol. The van der Waals surface area contributed by atoms with Gasteiger partial charge in [0.1, 0.15) is 0 Å². The first-order chi connectivity index (χ1) is 10.4. The Morgan fingerprint density at radius 3 is 3.05 bits per heavy atom. The summed E-state index contributed by atoms with van der Waals surface area (Å²) in [6.07, 6.45) is 3.02. The third kappa shape index (κ3) is 3.51. The van der Waals surface area contributed by atoms with Crippen molar-refractivity contribution in [3.8, 4) is 0 Å². The summed E-state index contributed by atoms with van der Waals surface area (Å²) >= 11 is 1.57. The fourth-order valence-electron chi connectivity index (χ4n) is 3.29. The third-order valence-corrected chi connectivity index (χ3v) is 5.61.